The SMILES string of the molecule is Fc1cc(F)c(-c2c(Cl)nc3ncnn3c2N2CCCCC2)c(F)c1. The highest BCUT2D eigenvalue weighted by atomic mass is 35.5. The van der Waals surface area contributed by atoms with Gasteiger partial charge in [0.25, 0.3) is 5.78 Å². The Kier molecular flexibility index (Phi) is 3.99. The Labute approximate surface area is 146 Å². The molecular weight excluding hydrogens is 355 g/mol. The molecule has 5 nitrogen and oxygen atoms in total. The van der Waals surface area contributed by atoms with Crippen molar-refractivity contribution in [2.75, 3.05) is 18.0 Å². The summed E-state index contributed by atoms with van der Waals surface area (Å²) < 4.78 is 43.6. The third-order valence-electron chi connectivity index (χ3n) is 4.27. The van der Waals surface area contributed by atoms with Crippen LogP contribution in [0.1, 0.15) is 19.3 Å². The highest BCUT2D eigenvalue weighted by molar-refractivity contribution is 6.33. The number of aromatic nitrogens is 4. The zero-order chi connectivity index (χ0) is 17.6. The molecule has 130 valence electrons. The fraction of sp³-hybridized carbons (Fsp3) is 0.312. The van der Waals surface area contributed by atoms with Crippen LogP contribution in [-0.4, -0.2) is 32.7 Å². The first kappa shape index (κ1) is 16.1. The van der Waals surface area contributed by atoms with Gasteiger partial charge in [-0.1, -0.05) is 11.6 Å². The van der Waals surface area contributed by atoms with Gasteiger partial charge in [-0.3, -0.25) is 0 Å². The van der Waals surface area contributed by atoms with E-state index in [9.17, 15) is 13.2 Å². The Hall–Kier alpha value is -2.35. The topological polar surface area (TPSA) is 46.3 Å². The predicted octanol–water partition coefficient (Wildman–Crippen LogP) is 3.85. The lowest BCUT2D eigenvalue weighted by atomic mass is 10.0. The Morgan fingerprint density at radius 3 is 2.32 bits per heavy atom. The van der Waals surface area contributed by atoms with E-state index < -0.39 is 23.0 Å². The van der Waals surface area contributed by atoms with Crippen molar-refractivity contribution in [3.05, 3.63) is 41.1 Å². The average Bonchev–Trinajstić information content (AvgIpc) is 3.02. The maximum Gasteiger partial charge on any atom is 0.255 e. The van der Waals surface area contributed by atoms with Gasteiger partial charge in [0, 0.05) is 25.2 Å². The summed E-state index contributed by atoms with van der Waals surface area (Å²) in [5.41, 5.74) is -0.367. The molecule has 0 saturated carbocycles. The number of fused-ring (bicyclic) bond motifs is 1. The number of rotatable bonds is 2. The third-order valence-corrected chi connectivity index (χ3v) is 4.54. The first-order valence-electron chi connectivity index (χ1n) is 7.85. The summed E-state index contributed by atoms with van der Waals surface area (Å²) >= 11 is 6.26. The molecule has 1 aliphatic heterocycles. The number of hydrogen-bond acceptors (Lipinski definition) is 4. The van der Waals surface area contributed by atoms with Crippen LogP contribution in [0.4, 0.5) is 19.0 Å². The fourth-order valence-corrected chi connectivity index (χ4v) is 3.45. The smallest absolute Gasteiger partial charge is 0.255 e. The summed E-state index contributed by atoms with van der Waals surface area (Å²) in [7, 11) is 0. The molecule has 0 bridgehead atoms. The molecule has 4 rings (SSSR count). The minimum Gasteiger partial charge on any atom is -0.356 e. The van der Waals surface area contributed by atoms with Crippen LogP contribution in [0, 0.1) is 17.5 Å². The first-order chi connectivity index (χ1) is 12.1. The average molecular weight is 368 g/mol. The van der Waals surface area contributed by atoms with Crippen LogP contribution < -0.4 is 4.90 Å². The summed E-state index contributed by atoms with van der Waals surface area (Å²) in [6.45, 7) is 1.37. The monoisotopic (exact) mass is 367 g/mol. The van der Waals surface area contributed by atoms with E-state index in [1.807, 2.05) is 4.90 Å². The van der Waals surface area contributed by atoms with Crippen molar-refractivity contribution in [3.8, 4) is 11.1 Å². The van der Waals surface area contributed by atoms with E-state index in [1.165, 1.54) is 10.8 Å². The van der Waals surface area contributed by atoms with Crippen LogP contribution in [0.3, 0.4) is 0 Å². The van der Waals surface area contributed by atoms with Crippen LogP contribution in [0.15, 0.2) is 18.5 Å². The molecule has 1 saturated heterocycles. The Balaban J connectivity index is 2.05. The molecule has 0 unspecified atom stereocenters. The summed E-state index contributed by atoms with van der Waals surface area (Å²) in [5, 5.41) is 4.02. The minimum absolute atomic E-state index is 0.0524. The van der Waals surface area contributed by atoms with E-state index in [4.69, 9.17) is 11.6 Å². The summed E-state index contributed by atoms with van der Waals surface area (Å²) in [5.74, 6) is -2.43. The van der Waals surface area contributed by atoms with Crippen molar-refractivity contribution in [3.63, 3.8) is 0 Å². The standard InChI is InChI=1S/C16H13ClF3N5/c17-14-13(12-10(19)6-9(18)7-11(12)20)15(24-4-2-1-3-5-24)25-16(23-14)21-8-22-25/h6-8H,1-5H2. The zero-order valence-electron chi connectivity index (χ0n) is 13.0. The lowest BCUT2D eigenvalue weighted by Crippen LogP contribution is -2.32. The number of halogens is 4. The van der Waals surface area contributed by atoms with Crippen LogP contribution in [0.5, 0.6) is 0 Å². The highest BCUT2D eigenvalue weighted by Gasteiger charge is 2.27. The molecule has 0 N–H and O–H groups in total. The van der Waals surface area contributed by atoms with Gasteiger partial charge in [0.1, 0.15) is 34.7 Å². The molecule has 0 amide bonds. The van der Waals surface area contributed by atoms with Crippen molar-refractivity contribution in [2.24, 2.45) is 0 Å². The Morgan fingerprint density at radius 1 is 0.960 bits per heavy atom. The molecule has 3 heterocycles. The van der Waals surface area contributed by atoms with Gasteiger partial charge in [0.2, 0.25) is 0 Å². The van der Waals surface area contributed by atoms with E-state index in [-0.39, 0.29) is 16.5 Å². The van der Waals surface area contributed by atoms with Crippen molar-refractivity contribution in [2.45, 2.75) is 19.3 Å². The van der Waals surface area contributed by atoms with E-state index >= 15 is 0 Å². The Bertz CT molecular complexity index is 929. The fourth-order valence-electron chi connectivity index (χ4n) is 3.20. The normalized spacial score (nSPS) is 15.1. The number of nitrogens with zero attached hydrogens (tertiary/aromatic N) is 5. The second-order valence-corrected chi connectivity index (χ2v) is 6.22. The first-order valence-corrected chi connectivity index (χ1v) is 8.23. The molecule has 3 aromatic rings. The lowest BCUT2D eigenvalue weighted by molar-refractivity contribution is 0.546. The highest BCUT2D eigenvalue weighted by Crippen LogP contribution is 2.40. The molecule has 2 aromatic heterocycles. The molecule has 0 spiro atoms. The maximum absolute atomic E-state index is 14.4. The van der Waals surface area contributed by atoms with Crippen LogP contribution in [-0.2, 0) is 0 Å². The summed E-state index contributed by atoms with van der Waals surface area (Å²) in [4.78, 5) is 10.0. The second kappa shape index (κ2) is 6.18. The number of benzene rings is 1. The van der Waals surface area contributed by atoms with Gasteiger partial charge >= 0.3 is 0 Å². The number of hydrogen-bond donors (Lipinski definition) is 0. The van der Waals surface area contributed by atoms with Gasteiger partial charge in [-0.2, -0.15) is 19.6 Å². The predicted molar refractivity (Wildman–Crippen MR) is 87.2 cm³/mol. The summed E-state index contributed by atoms with van der Waals surface area (Å²) in [6.07, 6.45) is 4.24. The molecule has 1 aromatic carbocycles. The van der Waals surface area contributed by atoms with Gasteiger partial charge in [-0.15, -0.1) is 0 Å². The molecule has 1 aliphatic rings. The second-order valence-electron chi connectivity index (χ2n) is 5.87. The van der Waals surface area contributed by atoms with Gasteiger partial charge in [-0.05, 0) is 19.3 Å². The molecule has 0 aliphatic carbocycles. The number of piperidine rings is 1. The zero-order valence-corrected chi connectivity index (χ0v) is 13.8. The van der Waals surface area contributed by atoms with Crippen molar-refractivity contribution in [1.82, 2.24) is 19.6 Å². The van der Waals surface area contributed by atoms with Gasteiger partial charge < -0.3 is 4.90 Å². The minimum atomic E-state index is -1.04. The van der Waals surface area contributed by atoms with E-state index in [2.05, 4.69) is 15.1 Å². The van der Waals surface area contributed by atoms with E-state index in [1.54, 1.807) is 0 Å². The Morgan fingerprint density at radius 2 is 1.64 bits per heavy atom. The van der Waals surface area contributed by atoms with E-state index in [0.717, 1.165) is 19.3 Å². The van der Waals surface area contributed by atoms with Gasteiger partial charge in [-0.25, -0.2) is 13.2 Å². The van der Waals surface area contributed by atoms with Crippen molar-refractivity contribution < 1.29 is 13.2 Å². The van der Waals surface area contributed by atoms with Crippen LogP contribution in [0.2, 0.25) is 5.15 Å². The maximum atomic E-state index is 14.4. The molecular formula is C16H13ClF3N5. The summed E-state index contributed by atoms with van der Waals surface area (Å²) in [6, 6.07) is 1.25. The lowest BCUT2D eigenvalue weighted by Gasteiger charge is -2.30. The third kappa shape index (κ3) is 2.70. The number of anilines is 1. The van der Waals surface area contributed by atoms with Crippen molar-refractivity contribution >= 4 is 23.2 Å². The van der Waals surface area contributed by atoms with Gasteiger partial charge in [0.15, 0.2) is 0 Å². The molecule has 0 radical (unpaired) electrons. The molecule has 0 atom stereocenters. The molecule has 9 heteroatoms. The van der Waals surface area contributed by atoms with E-state index in [0.29, 0.717) is 31.0 Å². The van der Waals surface area contributed by atoms with Gasteiger partial charge in [0.05, 0.1) is 11.1 Å². The molecule has 1 fully saturated rings. The van der Waals surface area contributed by atoms with Crippen molar-refractivity contribution in [1.29, 1.82) is 0 Å². The largest absolute Gasteiger partial charge is 0.356 e. The molecule has 25 heavy (non-hydrogen) atoms. The quantitative estimate of drug-likeness (QED) is 0.645. The van der Waals surface area contributed by atoms with Crippen LogP contribution >= 0.6 is 11.6 Å². The van der Waals surface area contributed by atoms with Crippen LogP contribution in [0.25, 0.3) is 16.9 Å².